The van der Waals surface area contributed by atoms with Crippen molar-refractivity contribution in [1.82, 2.24) is 0 Å². The van der Waals surface area contributed by atoms with Gasteiger partial charge in [-0.1, -0.05) is 26.0 Å². The fraction of sp³-hybridized carbons (Fsp3) is 0.421. The Balaban J connectivity index is 1.83. The summed E-state index contributed by atoms with van der Waals surface area (Å²) in [4.78, 5) is 14.5. The van der Waals surface area contributed by atoms with E-state index in [0.29, 0.717) is 11.8 Å². The maximum absolute atomic E-state index is 13.1. The zero-order chi connectivity index (χ0) is 16.6. The molecule has 1 aliphatic carbocycles. The number of nitrogens with two attached hydrogens (primary N) is 1. The number of primary amides is 1. The SMILES string of the molecule is CC1(C)CCc2cc(CC(C(N)=O)c3ccc(F)cc3)sc2C1. The van der Waals surface area contributed by atoms with E-state index in [9.17, 15) is 9.18 Å². The highest BCUT2D eigenvalue weighted by atomic mass is 32.1. The van der Waals surface area contributed by atoms with Crippen LogP contribution >= 0.6 is 11.3 Å². The molecule has 0 fully saturated rings. The smallest absolute Gasteiger partial charge is 0.225 e. The molecule has 3 rings (SSSR count). The van der Waals surface area contributed by atoms with Crippen molar-refractivity contribution in [2.75, 3.05) is 0 Å². The quantitative estimate of drug-likeness (QED) is 0.896. The summed E-state index contributed by atoms with van der Waals surface area (Å²) >= 11 is 1.80. The minimum absolute atomic E-state index is 0.300. The van der Waals surface area contributed by atoms with Gasteiger partial charge in [-0.15, -0.1) is 11.3 Å². The third-order valence-electron chi connectivity index (χ3n) is 4.68. The number of aryl methyl sites for hydroxylation is 1. The average Bonchev–Trinajstić information content (AvgIpc) is 2.86. The zero-order valence-electron chi connectivity index (χ0n) is 13.6. The van der Waals surface area contributed by atoms with Crippen LogP contribution in [0.25, 0.3) is 0 Å². The van der Waals surface area contributed by atoms with Gasteiger partial charge in [0.2, 0.25) is 5.91 Å². The Labute approximate surface area is 140 Å². The molecule has 0 bridgehead atoms. The molecular weight excluding hydrogens is 309 g/mol. The van der Waals surface area contributed by atoms with E-state index in [1.54, 1.807) is 23.5 Å². The number of hydrogen-bond donors (Lipinski definition) is 1. The molecule has 0 saturated carbocycles. The van der Waals surface area contributed by atoms with Gasteiger partial charge in [0.1, 0.15) is 5.82 Å². The number of halogens is 1. The number of carbonyl (C=O) groups is 1. The summed E-state index contributed by atoms with van der Waals surface area (Å²) in [7, 11) is 0. The molecular formula is C19H22FNOS. The number of rotatable bonds is 4. The van der Waals surface area contributed by atoms with E-state index in [1.807, 2.05) is 0 Å². The number of fused-ring (bicyclic) bond motifs is 1. The van der Waals surface area contributed by atoms with Crippen molar-refractivity contribution in [3.8, 4) is 0 Å². The highest BCUT2D eigenvalue weighted by molar-refractivity contribution is 7.12. The van der Waals surface area contributed by atoms with Crippen molar-refractivity contribution in [1.29, 1.82) is 0 Å². The molecule has 0 saturated heterocycles. The summed E-state index contributed by atoms with van der Waals surface area (Å²) in [6, 6.07) is 8.30. The Bertz CT molecular complexity index is 717. The molecule has 2 aromatic rings. The second kappa shape index (κ2) is 6.08. The fourth-order valence-electron chi connectivity index (χ4n) is 3.26. The van der Waals surface area contributed by atoms with Crippen LogP contribution in [0.2, 0.25) is 0 Å². The maximum atomic E-state index is 13.1. The number of thiophene rings is 1. The van der Waals surface area contributed by atoms with Gasteiger partial charge in [0.15, 0.2) is 0 Å². The minimum atomic E-state index is -0.399. The first-order valence-corrected chi connectivity index (χ1v) is 8.81. The third kappa shape index (κ3) is 3.63. The van der Waals surface area contributed by atoms with E-state index in [1.165, 1.54) is 33.9 Å². The van der Waals surface area contributed by atoms with Crippen LogP contribution in [0.3, 0.4) is 0 Å². The summed E-state index contributed by atoms with van der Waals surface area (Å²) in [5.74, 6) is -1.06. The molecule has 1 unspecified atom stereocenters. The zero-order valence-corrected chi connectivity index (χ0v) is 14.4. The Kier molecular flexibility index (Phi) is 4.28. The van der Waals surface area contributed by atoms with Gasteiger partial charge in [-0.3, -0.25) is 4.79 Å². The van der Waals surface area contributed by atoms with Gasteiger partial charge in [0, 0.05) is 9.75 Å². The number of benzene rings is 1. The van der Waals surface area contributed by atoms with Crippen LogP contribution in [0.1, 0.15) is 47.1 Å². The molecule has 122 valence electrons. The normalized spacial score (nSPS) is 17.5. The molecule has 23 heavy (non-hydrogen) atoms. The molecule has 0 spiro atoms. The predicted octanol–water partition coefficient (Wildman–Crippen LogP) is 4.21. The van der Waals surface area contributed by atoms with Gasteiger partial charge in [-0.25, -0.2) is 4.39 Å². The van der Waals surface area contributed by atoms with E-state index in [0.717, 1.165) is 18.4 Å². The van der Waals surface area contributed by atoms with Gasteiger partial charge in [0.25, 0.3) is 0 Å². The Hall–Kier alpha value is -1.68. The fourth-order valence-corrected chi connectivity index (χ4v) is 4.79. The van der Waals surface area contributed by atoms with E-state index in [4.69, 9.17) is 5.73 Å². The second-order valence-electron chi connectivity index (χ2n) is 7.21. The van der Waals surface area contributed by atoms with Crippen LogP contribution in [0.4, 0.5) is 4.39 Å². The van der Waals surface area contributed by atoms with Crippen molar-refractivity contribution >= 4 is 17.2 Å². The molecule has 1 heterocycles. The molecule has 1 amide bonds. The molecule has 1 atom stereocenters. The summed E-state index contributed by atoms with van der Waals surface area (Å²) < 4.78 is 13.1. The lowest BCUT2D eigenvalue weighted by Crippen LogP contribution is -2.23. The van der Waals surface area contributed by atoms with Crippen LogP contribution in [0, 0.1) is 11.2 Å². The third-order valence-corrected chi connectivity index (χ3v) is 5.88. The van der Waals surface area contributed by atoms with Gasteiger partial charge >= 0.3 is 0 Å². The van der Waals surface area contributed by atoms with Crippen molar-refractivity contribution in [3.05, 3.63) is 57.0 Å². The van der Waals surface area contributed by atoms with Crippen LogP contribution in [0.15, 0.2) is 30.3 Å². The molecule has 4 heteroatoms. The standard InChI is InChI=1S/C19H22FNOS/c1-19(2)8-7-13-9-15(23-17(13)11-19)10-16(18(21)22)12-3-5-14(20)6-4-12/h3-6,9,16H,7-8,10-11H2,1-2H3,(H2,21,22). The van der Waals surface area contributed by atoms with E-state index in [-0.39, 0.29) is 11.7 Å². The lowest BCUT2D eigenvalue weighted by atomic mass is 9.78. The molecule has 0 radical (unpaired) electrons. The van der Waals surface area contributed by atoms with Crippen molar-refractivity contribution in [2.45, 2.75) is 45.4 Å². The van der Waals surface area contributed by atoms with Gasteiger partial charge in [-0.05, 0) is 60.4 Å². The van der Waals surface area contributed by atoms with E-state index >= 15 is 0 Å². The van der Waals surface area contributed by atoms with Crippen molar-refractivity contribution < 1.29 is 9.18 Å². The van der Waals surface area contributed by atoms with Crippen molar-refractivity contribution in [3.63, 3.8) is 0 Å². The topological polar surface area (TPSA) is 43.1 Å². The molecule has 1 aliphatic rings. The first kappa shape index (κ1) is 16.2. The minimum Gasteiger partial charge on any atom is -0.369 e. The van der Waals surface area contributed by atoms with Crippen LogP contribution < -0.4 is 5.73 Å². The lowest BCUT2D eigenvalue weighted by molar-refractivity contribution is -0.119. The monoisotopic (exact) mass is 331 g/mol. The first-order chi connectivity index (χ1) is 10.8. The lowest BCUT2D eigenvalue weighted by Gasteiger charge is -2.28. The van der Waals surface area contributed by atoms with Gasteiger partial charge < -0.3 is 5.73 Å². The second-order valence-corrected chi connectivity index (χ2v) is 8.43. The number of hydrogen-bond acceptors (Lipinski definition) is 2. The number of amides is 1. The first-order valence-electron chi connectivity index (χ1n) is 7.99. The van der Waals surface area contributed by atoms with E-state index < -0.39 is 5.92 Å². The molecule has 1 aromatic heterocycles. The van der Waals surface area contributed by atoms with Gasteiger partial charge in [0.05, 0.1) is 5.92 Å². The molecule has 1 aromatic carbocycles. The maximum Gasteiger partial charge on any atom is 0.225 e. The Morgan fingerprint density at radius 2 is 2.04 bits per heavy atom. The summed E-state index contributed by atoms with van der Waals surface area (Å²) in [6.07, 6.45) is 4.01. The van der Waals surface area contributed by atoms with Crippen LogP contribution in [0.5, 0.6) is 0 Å². The van der Waals surface area contributed by atoms with Gasteiger partial charge in [-0.2, -0.15) is 0 Å². The highest BCUT2D eigenvalue weighted by Gasteiger charge is 2.28. The van der Waals surface area contributed by atoms with Crippen LogP contribution in [-0.2, 0) is 24.1 Å². The Morgan fingerprint density at radius 3 is 2.70 bits per heavy atom. The predicted molar refractivity (Wildman–Crippen MR) is 92.2 cm³/mol. The summed E-state index contributed by atoms with van der Waals surface area (Å²) in [5, 5.41) is 0. The summed E-state index contributed by atoms with van der Waals surface area (Å²) in [5.41, 5.74) is 8.15. The highest BCUT2D eigenvalue weighted by Crippen LogP contribution is 2.39. The average molecular weight is 331 g/mol. The largest absolute Gasteiger partial charge is 0.369 e. The molecule has 2 nitrogen and oxygen atoms in total. The molecule has 0 aliphatic heterocycles. The summed E-state index contributed by atoms with van der Waals surface area (Å²) in [6.45, 7) is 4.61. The Morgan fingerprint density at radius 1 is 1.35 bits per heavy atom. The number of carbonyl (C=O) groups excluding carboxylic acids is 1. The van der Waals surface area contributed by atoms with Crippen molar-refractivity contribution in [2.24, 2.45) is 11.1 Å². The van der Waals surface area contributed by atoms with E-state index in [2.05, 4.69) is 19.9 Å². The van der Waals surface area contributed by atoms with Crippen LogP contribution in [-0.4, -0.2) is 5.91 Å². The molecule has 2 N–H and O–H groups in total.